The van der Waals surface area contributed by atoms with Crippen LogP contribution in [0.1, 0.15) is 16.1 Å². The number of anilines is 2. The van der Waals surface area contributed by atoms with Gasteiger partial charge in [-0.3, -0.25) is 4.79 Å². The first kappa shape index (κ1) is 19.1. The molecule has 3 aromatic rings. The average Bonchev–Trinajstić information content (AvgIpc) is 2.74. The van der Waals surface area contributed by atoms with E-state index in [2.05, 4.69) is 33.7 Å². The minimum absolute atomic E-state index is 0.0267. The van der Waals surface area contributed by atoms with Crippen molar-refractivity contribution in [2.45, 2.75) is 11.8 Å². The van der Waals surface area contributed by atoms with Gasteiger partial charge in [0.1, 0.15) is 0 Å². The third kappa shape index (κ3) is 3.95. The summed E-state index contributed by atoms with van der Waals surface area (Å²) < 4.78 is 0. The summed E-state index contributed by atoms with van der Waals surface area (Å²) in [7, 11) is 0. The van der Waals surface area contributed by atoms with E-state index in [-0.39, 0.29) is 5.91 Å². The van der Waals surface area contributed by atoms with E-state index in [1.165, 1.54) is 4.90 Å². The Morgan fingerprint density at radius 2 is 2.04 bits per heavy atom. The Balaban J connectivity index is 1.80. The molecule has 1 fully saturated rings. The Hall–Kier alpha value is -2.25. The number of aryl methyl sites for hydroxylation is 1. The molecule has 0 bridgehead atoms. The summed E-state index contributed by atoms with van der Waals surface area (Å²) in [5, 5.41) is 4.34. The highest BCUT2D eigenvalue weighted by Crippen LogP contribution is 2.31. The quantitative estimate of drug-likeness (QED) is 0.635. The summed E-state index contributed by atoms with van der Waals surface area (Å²) in [6.45, 7) is 3.49. The van der Waals surface area contributed by atoms with Crippen molar-refractivity contribution in [1.82, 2.24) is 14.9 Å². The zero-order chi connectivity index (χ0) is 19.5. The van der Waals surface area contributed by atoms with Crippen molar-refractivity contribution < 1.29 is 4.79 Å². The zero-order valence-corrected chi connectivity index (χ0v) is 17.6. The molecule has 5 nitrogen and oxygen atoms in total. The van der Waals surface area contributed by atoms with Gasteiger partial charge in [0.05, 0.1) is 11.3 Å². The fourth-order valence-corrected chi connectivity index (χ4v) is 4.61. The van der Waals surface area contributed by atoms with Crippen molar-refractivity contribution >= 4 is 51.8 Å². The Morgan fingerprint density at radius 3 is 2.82 bits per heavy atom. The van der Waals surface area contributed by atoms with Gasteiger partial charge in [0.2, 0.25) is 0 Å². The summed E-state index contributed by atoms with van der Waals surface area (Å²) in [5.41, 5.74) is 3.87. The van der Waals surface area contributed by atoms with E-state index in [4.69, 9.17) is 0 Å². The molecule has 3 heterocycles. The van der Waals surface area contributed by atoms with Crippen LogP contribution in [0.4, 0.5) is 11.4 Å². The Kier molecular flexibility index (Phi) is 5.73. The number of hydrogen-bond donors (Lipinski definition) is 1. The number of pyridine rings is 2. The first-order chi connectivity index (χ1) is 13.7. The molecule has 0 atom stereocenters. The van der Waals surface area contributed by atoms with Crippen LogP contribution in [0.15, 0.2) is 47.5 Å². The van der Waals surface area contributed by atoms with Crippen LogP contribution < -0.4 is 5.32 Å². The lowest BCUT2D eigenvalue weighted by Crippen LogP contribution is -2.38. The number of benzene rings is 1. The van der Waals surface area contributed by atoms with Crippen LogP contribution in [-0.4, -0.2) is 51.6 Å². The number of amides is 1. The van der Waals surface area contributed by atoms with Crippen molar-refractivity contribution in [3.63, 3.8) is 0 Å². The van der Waals surface area contributed by atoms with Gasteiger partial charge in [0, 0.05) is 52.5 Å². The van der Waals surface area contributed by atoms with Crippen LogP contribution in [-0.2, 0) is 0 Å². The summed E-state index contributed by atoms with van der Waals surface area (Å²) in [6.07, 6.45) is 3.72. The van der Waals surface area contributed by atoms with Gasteiger partial charge in [-0.1, -0.05) is 6.07 Å². The zero-order valence-electron chi connectivity index (χ0n) is 15.9. The molecular formula is C21H22N4OS2. The average molecular weight is 411 g/mol. The maximum atomic E-state index is 13.3. The number of fused-ring (bicyclic) bond motifs is 1. The largest absolute Gasteiger partial charge is 0.354 e. The van der Waals surface area contributed by atoms with E-state index < -0.39 is 0 Å². The molecule has 1 aliphatic heterocycles. The molecule has 1 amide bonds. The Bertz CT molecular complexity index is 1020. The van der Waals surface area contributed by atoms with Crippen molar-refractivity contribution in [2.75, 3.05) is 36.2 Å². The van der Waals surface area contributed by atoms with E-state index in [0.29, 0.717) is 11.2 Å². The molecule has 7 heteroatoms. The van der Waals surface area contributed by atoms with Crippen LogP contribution in [0.5, 0.6) is 0 Å². The molecular weight excluding hydrogens is 388 g/mol. The molecule has 0 unspecified atom stereocenters. The van der Waals surface area contributed by atoms with Gasteiger partial charge >= 0.3 is 0 Å². The van der Waals surface area contributed by atoms with Gasteiger partial charge in [-0.2, -0.15) is 11.8 Å². The van der Waals surface area contributed by atoms with Gasteiger partial charge in [-0.05, 0) is 43.5 Å². The number of thioether (sulfide) groups is 2. The van der Waals surface area contributed by atoms with Crippen LogP contribution in [0.3, 0.4) is 0 Å². The van der Waals surface area contributed by atoms with Crippen LogP contribution in [0, 0.1) is 6.92 Å². The molecule has 1 saturated heterocycles. The maximum Gasteiger partial charge on any atom is 0.257 e. The molecule has 0 saturated carbocycles. The number of nitrogens with zero attached hydrogens (tertiary/aromatic N) is 3. The molecule has 28 heavy (non-hydrogen) atoms. The summed E-state index contributed by atoms with van der Waals surface area (Å²) >= 11 is 3.58. The second kappa shape index (κ2) is 8.41. The van der Waals surface area contributed by atoms with Gasteiger partial charge < -0.3 is 10.2 Å². The second-order valence-corrected chi connectivity index (χ2v) is 8.74. The number of carbonyl (C=O) groups excluding carboxylic acids is 1. The van der Waals surface area contributed by atoms with Crippen LogP contribution in [0.2, 0.25) is 0 Å². The summed E-state index contributed by atoms with van der Waals surface area (Å²) in [4.78, 5) is 25.4. The number of carbonyl (C=O) groups is 1. The summed E-state index contributed by atoms with van der Waals surface area (Å²) in [5.74, 6) is 1.98. The normalized spacial score (nSPS) is 14.3. The third-order valence-electron chi connectivity index (χ3n) is 4.74. The predicted octanol–water partition coefficient (Wildman–Crippen LogP) is 4.59. The first-order valence-electron chi connectivity index (χ1n) is 9.20. The second-order valence-electron chi connectivity index (χ2n) is 6.63. The van der Waals surface area contributed by atoms with E-state index in [0.717, 1.165) is 47.1 Å². The lowest BCUT2D eigenvalue weighted by Gasteiger charge is -2.27. The van der Waals surface area contributed by atoms with Gasteiger partial charge in [0.25, 0.3) is 5.91 Å². The van der Waals surface area contributed by atoms with Crippen molar-refractivity contribution in [3.05, 3.63) is 53.9 Å². The lowest BCUT2D eigenvalue weighted by molar-refractivity contribution is 0.0773. The highest BCUT2D eigenvalue weighted by molar-refractivity contribution is 7.99. The molecule has 2 aromatic heterocycles. The minimum atomic E-state index is 0.0267. The predicted molar refractivity (Wildman–Crippen MR) is 119 cm³/mol. The van der Waals surface area contributed by atoms with Gasteiger partial charge in [0.15, 0.2) is 5.65 Å². The maximum absolute atomic E-state index is 13.3. The van der Waals surface area contributed by atoms with E-state index >= 15 is 0 Å². The van der Waals surface area contributed by atoms with E-state index in [9.17, 15) is 4.79 Å². The van der Waals surface area contributed by atoms with Crippen molar-refractivity contribution in [2.24, 2.45) is 0 Å². The van der Waals surface area contributed by atoms with Crippen LogP contribution >= 0.6 is 23.5 Å². The third-order valence-corrected chi connectivity index (χ3v) is 6.40. The first-order valence-corrected chi connectivity index (χ1v) is 11.6. The number of aromatic nitrogens is 2. The van der Waals surface area contributed by atoms with E-state index in [1.54, 1.807) is 18.0 Å². The molecule has 1 aromatic carbocycles. The fraction of sp³-hybridized carbons (Fsp3) is 0.286. The monoisotopic (exact) mass is 410 g/mol. The SMILES string of the molecule is CSc1cccc(Nc2c(C(=O)N3CCSCC3)cnc3nc(C)ccc23)c1. The lowest BCUT2D eigenvalue weighted by atomic mass is 10.1. The number of hydrogen-bond acceptors (Lipinski definition) is 6. The Morgan fingerprint density at radius 1 is 1.21 bits per heavy atom. The van der Waals surface area contributed by atoms with E-state index in [1.807, 2.05) is 47.9 Å². The highest BCUT2D eigenvalue weighted by Gasteiger charge is 2.23. The van der Waals surface area contributed by atoms with Gasteiger partial charge in [-0.25, -0.2) is 9.97 Å². The number of rotatable bonds is 4. The molecule has 0 radical (unpaired) electrons. The fourth-order valence-electron chi connectivity index (χ4n) is 3.25. The molecule has 1 N–H and O–H groups in total. The number of nitrogens with one attached hydrogen (secondary N) is 1. The van der Waals surface area contributed by atoms with Crippen molar-refractivity contribution in [1.29, 1.82) is 0 Å². The smallest absolute Gasteiger partial charge is 0.257 e. The van der Waals surface area contributed by atoms with Gasteiger partial charge in [-0.15, -0.1) is 11.8 Å². The highest BCUT2D eigenvalue weighted by atomic mass is 32.2. The molecule has 144 valence electrons. The molecule has 0 spiro atoms. The molecule has 4 rings (SSSR count). The Labute approximate surface area is 173 Å². The summed E-state index contributed by atoms with van der Waals surface area (Å²) in [6, 6.07) is 12.1. The standard InChI is InChI=1S/C21H22N4OS2/c1-14-6-7-17-19(24-15-4-3-5-16(12-15)27-2)18(13-22-20(17)23-14)21(26)25-8-10-28-11-9-25/h3-7,12-13H,8-11H2,1-2H3,(H,22,23,24). The molecule has 0 aliphatic carbocycles. The molecule has 1 aliphatic rings. The minimum Gasteiger partial charge on any atom is -0.354 e. The topological polar surface area (TPSA) is 58.1 Å². The van der Waals surface area contributed by atoms with Crippen molar-refractivity contribution in [3.8, 4) is 0 Å². The van der Waals surface area contributed by atoms with Crippen LogP contribution in [0.25, 0.3) is 11.0 Å².